The summed E-state index contributed by atoms with van der Waals surface area (Å²) in [6, 6.07) is 11.0. The van der Waals surface area contributed by atoms with Gasteiger partial charge in [0.2, 0.25) is 11.1 Å². The third-order valence-electron chi connectivity index (χ3n) is 5.16. The number of benzene rings is 2. The number of carbonyl (C=O) groups excluding carboxylic acids is 1. The summed E-state index contributed by atoms with van der Waals surface area (Å²) in [5, 5.41) is 12.0. The number of carbonyl (C=O) groups is 1. The second kappa shape index (κ2) is 13.5. The van der Waals surface area contributed by atoms with Crippen LogP contribution in [0.15, 0.2) is 41.6 Å². The first-order chi connectivity index (χ1) is 17.5. The minimum Gasteiger partial charge on any atom is -0.493 e. The van der Waals surface area contributed by atoms with Crippen LogP contribution in [0.2, 0.25) is 0 Å². The van der Waals surface area contributed by atoms with E-state index in [1.807, 2.05) is 24.3 Å². The number of thioether (sulfide) groups is 1. The number of nitrogens with zero attached hydrogens (tertiary/aromatic N) is 3. The SMILES string of the molecule is COCCCNC(=O)CSc1nnc(-c2ccc(OC)c(OC)c2)c(-c2ccc(OC)c(OC)c2)n1. The summed E-state index contributed by atoms with van der Waals surface area (Å²) in [5.41, 5.74) is 2.60. The Balaban J connectivity index is 1.96. The summed E-state index contributed by atoms with van der Waals surface area (Å²) < 4.78 is 26.7. The highest BCUT2D eigenvalue weighted by Gasteiger charge is 2.18. The monoisotopic (exact) mass is 514 g/mol. The van der Waals surface area contributed by atoms with Gasteiger partial charge in [0.15, 0.2) is 23.0 Å². The fourth-order valence-electron chi connectivity index (χ4n) is 3.36. The molecule has 0 atom stereocenters. The molecule has 0 saturated heterocycles. The van der Waals surface area contributed by atoms with Crippen molar-refractivity contribution >= 4 is 17.7 Å². The van der Waals surface area contributed by atoms with Gasteiger partial charge in [-0.1, -0.05) is 11.8 Å². The lowest BCUT2D eigenvalue weighted by Gasteiger charge is -2.14. The summed E-state index contributed by atoms with van der Waals surface area (Å²) >= 11 is 1.21. The smallest absolute Gasteiger partial charge is 0.230 e. The standard InChI is InChI=1S/C25H30N4O6S/c1-31-12-6-11-26-22(30)15-36-25-27-23(16-7-9-18(32-2)20(13-16)34-4)24(28-29-25)17-8-10-19(33-3)21(14-17)35-5/h7-10,13-14H,6,11-12,15H2,1-5H3,(H,26,30). The van der Waals surface area contributed by atoms with Crippen LogP contribution >= 0.6 is 11.8 Å². The molecule has 3 rings (SSSR count). The van der Waals surface area contributed by atoms with Gasteiger partial charge in [0.05, 0.1) is 34.2 Å². The Morgan fingerprint density at radius 2 is 1.39 bits per heavy atom. The van der Waals surface area contributed by atoms with Crippen LogP contribution in [-0.4, -0.2) is 75.5 Å². The molecule has 11 heteroatoms. The van der Waals surface area contributed by atoms with Crippen LogP contribution in [0.3, 0.4) is 0 Å². The first kappa shape index (κ1) is 27.0. The topological polar surface area (TPSA) is 114 Å². The Morgan fingerprint density at radius 1 is 0.806 bits per heavy atom. The molecule has 1 amide bonds. The van der Waals surface area contributed by atoms with Crippen molar-refractivity contribution in [1.82, 2.24) is 20.5 Å². The van der Waals surface area contributed by atoms with Crippen LogP contribution < -0.4 is 24.3 Å². The van der Waals surface area contributed by atoms with E-state index in [1.165, 1.54) is 11.8 Å². The molecule has 192 valence electrons. The summed E-state index contributed by atoms with van der Waals surface area (Å²) in [7, 11) is 7.92. The Morgan fingerprint density at radius 3 is 1.94 bits per heavy atom. The summed E-state index contributed by atoms with van der Waals surface area (Å²) in [6.45, 7) is 1.13. The molecule has 0 unspecified atom stereocenters. The minimum absolute atomic E-state index is 0.115. The molecule has 0 aliphatic heterocycles. The predicted octanol–water partition coefficient (Wildman–Crippen LogP) is 3.48. The van der Waals surface area contributed by atoms with Crippen molar-refractivity contribution in [3.8, 4) is 45.5 Å². The normalized spacial score (nSPS) is 10.6. The van der Waals surface area contributed by atoms with E-state index < -0.39 is 0 Å². The number of hydrogen-bond donors (Lipinski definition) is 1. The van der Waals surface area contributed by atoms with Gasteiger partial charge in [-0.05, 0) is 42.8 Å². The molecule has 2 aromatic carbocycles. The van der Waals surface area contributed by atoms with E-state index >= 15 is 0 Å². The number of aromatic nitrogens is 3. The number of ether oxygens (including phenoxy) is 5. The summed E-state index contributed by atoms with van der Waals surface area (Å²) in [6.07, 6.45) is 0.744. The van der Waals surface area contributed by atoms with Crippen molar-refractivity contribution in [2.24, 2.45) is 0 Å². The van der Waals surface area contributed by atoms with Crippen LogP contribution in [0.25, 0.3) is 22.5 Å². The van der Waals surface area contributed by atoms with Crippen molar-refractivity contribution in [3.05, 3.63) is 36.4 Å². The van der Waals surface area contributed by atoms with Crippen LogP contribution in [0, 0.1) is 0 Å². The van der Waals surface area contributed by atoms with Crippen molar-refractivity contribution in [3.63, 3.8) is 0 Å². The third kappa shape index (κ3) is 6.76. The molecular weight excluding hydrogens is 484 g/mol. The first-order valence-electron chi connectivity index (χ1n) is 11.1. The van der Waals surface area contributed by atoms with Gasteiger partial charge in [-0.3, -0.25) is 4.79 Å². The average Bonchev–Trinajstić information content (AvgIpc) is 2.93. The molecular formula is C25H30N4O6S. The Hall–Kier alpha value is -3.57. The molecule has 0 saturated carbocycles. The minimum atomic E-state index is -0.115. The fourth-order valence-corrected chi connectivity index (χ4v) is 3.98. The molecule has 3 aromatic rings. The van der Waals surface area contributed by atoms with E-state index in [2.05, 4.69) is 15.5 Å². The van der Waals surface area contributed by atoms with E-state index in [-0.39, 0.29) is 11.7 Å². The van der Waals surface area contributed by atoms with Gasteiger partial charge in [-0.15, -0.1) is 10.2 Å². The number of hydrogen-bond acceptors (Lipinski definition) is 10. The summed E-state index contributed by atoms with van der Waals surface area (Å²) in [5.74, 6) is 2.34. The van der Waals surface area contributed by atoms with Gasteiger partial charge < -0.3 is 29.0 Å². The van der Waals surface area contributed by atoms with Gasteiger partial charge in [0.25, 0.3) is 0 Å². The van der Waals surface area contributed by atoms with E-state index in [4.69, 9.17) is 28.7 Å². The molecule has 1 N–H and O–H groups in total. The Bertz CT molecular complexity index is 1180. The number of amides is 1. The summed E-state index contributed by atoms with van der Waals surface area (Å²) in [4.78, 5) is 17.0. The Labute approximate surface area is 214 Å². The van der Waals surface area contributed by atoms with Gasteiger partial charge in [0, 0.05) is 31.4 Å². The van der Waals surface area contributed by atoms with Crippen molar-refractivity contribution in [1.29, 1.82) is 0 Å². The third-order valence-corrected chi connectivity index (χ3v) is 6.00. The lowest BCUT2D eigenvalue weighted by molar-refractivity contribution is -0.118. The van der Waals surface area contributed by atoms with Crippen LogP contribution in [-0.2, 0) is 9.53 Å². The zero-order valence-corrected chi connectivity index (χ0v) is 21.8. The number of methoxy groups -OCH3 is 5. The molecule has 0 bridgehead atoms. The van der Waals surface area contributed by atoms with Crippen molar-refractivity contribution < 1.29 is 28.5 Å². The molecule has 1 aromatic heterocycles. The van der Waals surface area contributed by atoms with Crippen LogP contribution in [0.1, 0.15) is 6.42 Å². The largest absolute Gasteiger partial charge is 0.493 e. The molecule has 0 radical (unpaired) electrons. The van der Waals surface area contributed by atoms with E-state index in [0.29, 0.717) is 52.7 Å². The van der Waals surface area contributed by atoms with Gasteiger partial charge >= 0.3 is 0 Å². The maximum absolute atomic E-state index is 12.2. The second-order valence-electron chi connectivity index (χ2n) is 7.42. The fraction of sp³-hybridized carbons (Fsp3) is 0.360. The second-order valence-corrected chi connectivity index (χ2v) is 8.36. The molecule has 1 heterocycles. The van der Waals surface area contributed by atoms with E-state index in [1.54, 1.807) is 47.7 Å². The van der Waals surface area contributed by atoms with E-state index in [9.17, 15) is 4.79 Å². The maximum atomic E-state index is 12.2. The molecule has 0 aliphatic rings. The molecule has 0 aliphatic carbocycles. The highest BCUT2D eigenvalue weighted by atomic mass is 32.2. The van der Waals surface area contributed by atoms with Crippen molar-refractivity contribution in [2.45, 2.75) is 11.6 Å². The molecule has 36 heavy (non-hydrogen) atoms. The Kier molecular flexibility index (Phi) is 10.1. The molecule has 0 fully saturated rings. The quantitative estimate of drug-likeness (QED) is 0.269. The van der Waals surface area contributed by atoms with Crippen molar-refractivity contribution in [2.75, 3.05) is 54.5 Å². The lowest BCUT2D eigenvalue weighted by Crippen LogP contribution is -2.26. The lowest BCUT2D eigenvalue weighted by atomic mass is 10.0. The number of rotatable bonds is 13. The molecule has 0 spiro atoms. The predicted molar refractivity (Wildman–Crippen MR) is 137 cm³/mol. The zero-order valence-electron chi connectivity index (χ0n) is 21.0. The van der Waals surface area contributed by atoms with Gasteiger partial charge in [0.1, 0.15) is 11.4 Å². The van der Waals surface area contributed by atoms with Gasteiger partial charge in [-0.25, -0.2) is 4.98 Å². The van der Waals surface area contributed by atoms with Crippen LogP contribution in [0.5, 0.6) is 23.0 Å². The number of nitrogens with one attached hydrogen (secondary N) is 1. The van der Waals surface area contributed by atoms with E-state index in [0.717, 1.165) is 17.5 Å². The first-order valence-corrected chi connectivity index (χ1v) is 12.1. The average molecular weight is 515 g/mol. The zero-order chi connectivity index (χ0) is 25.9. The van der Waals surface area contributed by atoms with Gasteiger partial charge in [-0.2, -0.15) is 0 Å². The highest BCUT2D eigenvalue weighted by molar-refractivity contribution is 7.99. The maximum Gasteiger partial charge on any atom is 0.230 e. The van der Waals surface area contributed by atoms with Crippen LogP contribution in [0.4, 0.5) is 0 Å². The highest BCUT2D eigenvalue weighted by Crippen LogP contribution is 2.38. The molecule has 10 nitrogen and oxygen atoms in total.